The first-order chi connectivity index (χ1) is 9.31. The molecule has 20 heavy (non-hydrogen) atoms. The van der Waals surface area contributed by atoms with Crippen molar-refractivity contribution in [2.24, 2.45) is 0 Å². The number of sulfonamides is 1. The van der Waals surface area contributed by atoms with Gasteiger partial charge in [0.1, 0.15) is 6.04 Å². The number of hydrogen-bond acceptors (Lipinski definition) is 5. The number of esters is 1. The van der Waals surface area contributed by atoms with Gasteiger partial charge in [0, 0.05) is 12.6 Å². The van der Waals surface area contributed by atoms with Crippen LogP contribution in [0.1, 0.15) is 17.3 Å². The maximum atomic E-state index is 12.0. The summed E-state index contributed by atoms with van der Waals surface area (Å²) in [7, 11) is -1.20. The summed E-state index contributed by atoms with van der Waals surface area (Å²) in [5.41, 5.74) is 0.340. The van der Waals surface area contributed by atoms with Crippen molar-refractivity contribution in [2.75, 3.05) is 14.2 Å². The number of methoxy groups -OCH3 is 1. The zero-order valence-corrected chi connectivity index (χ0v) is 12.2. The Kier molecular flexibility index (Phi) is 5.23. The Morgan fingerprint density at radius 2 is 1.75 bits per heavy atom. The van der Waals surface area contributed by atoms with E-state index in [0.717, 1.165) is 0 Å². The van der Waals surface area contributed by atoms with Gasteiger partial charge >= 0.3 is 5.97 Å². The maximum Gasteiger partial charge on any atom is 0.323 e. The molecular formula is C12H16N2O5S. The summed E-state index contributed by atoms with van der Waals surface area (Å²) in [5, 5.41) is 2.43. The highest BCUT2D eigenvalue weighted by Gasteiger charge is 2.22. The standard InChI is InChI=1S/C12H16N2O5S/c1-8(12(16)19-3)14-20(17,18)10-6-4-9(5-7-10)11(15)13-2/h4-8,14H,1-3H3,(H,13,15). The van der Waals surface area contributed by atoms with E-state index in [2.05, 4.69) is 14.8 Å². The number of carbonyl (C=O) groups excluding carboxylic acids is 2. The van der Waals surface area contributed by atoms with E-state index in [-0.39, 0.29) is 10.8 Å². The Labute approximate surface area is 117 Å². The molecule has 0 fully saturated rings. The lowest BCUT2D eigenvalue weighted by Crippen LogP contribution is -2.39. The van der Waals surface area contributed by atoms with E-state index in [0.29, 0.717) is 5.56 Å². The first-order valence-electron chi connectivity index (χ1n) is 5.74. The number of hydrogen-bond donors (Lipinski definition) is 2. The number of nitrogens with one attached hydrogen (secondary N) is 2. The Hall–Kier alpha value is -1.93. The van der Waals surface area contributed by atoms with E-state index in [1.807, 2.05) is 0 Å². The van der Waals surface area contributed by atoms with E-state index < -0.39 is 22.0 Å². The summed E-state index contributed by atoms with van der Waals surface area (Å²) in [6.07, 6.45) is 0. The summed E-state index contributed by atoms with van der Waals surface area (Å²) < 4.78 is 30.6. The molecule has 0 saturated heterocycles. The Balaban J connectivity index is 2.93. The first-order valence-corrected chi connectivity index (χ1v) is 7.22. The highest BCUT2D eigenvalue weighted by Crippen LogP contribution is 2.11. The lowest BCUT2D eigenvalue weighted by Gasteiger charge is -2.12. The average molecular weight is 300 g/mol. The van der Waals surface area contributed by atoms with Gasteiger partial charge in [0.15, 0.2) is 0 Å². The molecule has 0 saturated carbocycles. The van der Waals surface area contributed by atoms with Crippen LogP contribution in [0.25, 0.3) is 0 Å². The van der Waals surface area contributed by atoms with Crippen LogP contribution in [0.5, 0.6) is 0 Å². The van der Waals surface area contributed by atoms with Crippen LogP contribution in [0.15, 0.2) is 29.2 Å². The van der Waals surface area contributed by atoms with Crippen LogP contribution < -0.4 is 10.0 Å². The van der Waals surface area contributed by atoms with Gasteiger partial charge in [-0.3, -0.25) is 9.59 Å². The summed E-state index contributed by atoms with van der Waals surface area (Å²) >= 11 is 0. The van der Waals surface area contributed by atoms with Crippen LogP contribution >= 0.6 is 0 Å². The van der Waals surface area contributed by atoms with Gasteiger partial charge in [-0.1, -0.05) is 0 Å². The summed E-state index contributed by atoms with van der Waals surface area (Å²) in [5.74, 6) is -1.000. The molecule has 110 valence electrons. The highest BCUT2D eigenvalue weighted by molar-refractivity contribution is 7.89. The number of carbonyl (C=O) groups is 2. The van der Waals surface area contributed by atoms with Crippen molar-refractivity contribution in [3.8, 4) is 0 Å². The van der Waals surface area contributed by atoms with Gasteiger partial charge in [0.2, 0.25) is 10.0 Å². The predicted octanol–water partition coefficient (Wildman–Crippen LogP) is -0.114. The van der Waals surface area contributed by atoms with Crippen molar-refractivity contribution in [1.29, 1.82) is 0 Å². The minimum atomic E-state index is -3.85. The molecule has 1 unspecified atom stereocenters. The molecule has 8 heteroatoms. The second kappa shape index (κ2) is 6.49. The van der Waals surface area contributed by atoms with Crippen LogP contribution in [0, 0.1) is 0 Å². The summed E-state index contributed by atoms with van der Waals surface area (Å²) in [6, 6.07) is 4.35. The monoisotopic (exact) mass is 300 g/mol. The molecule has 0 bridgehead atoms. The largest absolute Gasteiger partial charge is 0.468 e. The Morgan fingerprint density at radius 3 is 2.20 bits per heavy atom. The van der Waals surface area contributed by atoms with Gasteiger partial charge < -0.3 is 10.1 Å². The summed E-state index contributed by atoms with van der Waals surface area (Å²) in [6.45, 7) is 1.38. The molecule has 0 aliphatic rings. The normalized spacial score (nSPS) is 12.6. The van der Waals surface area contributed by atoms with Gasteiger partial charge in [-0.25, -0.2) is 8.42 Å². The van der Waals surface area contributed by atoms with E-state index in [1.54, 1.807) is 0 Å². The molecule has 0 spiro atoms. The molecule has 1 amide bonds. The molecule has 0 heterocycles. The fraction of sp³-hybridized carbons (Fsp3) is 0.333. The molecule has 7 nitrogen and oxygen atoms in total. The molecule has 0 aliphatic heterocycles. The number of ether oxygens (including phenoxy) is 1. The fourth-order valence-electron chi connectivity index (χ4n) is 1.46. The smallest absolute Gasteiger partial charge is 0.323 e. The van der Waals surface area contributed by atoms with E-state index in [9.17, 15) is 18.0 Å². The van der Waals surface area contributed by atoms with Gasteiger partial charge in [0.05, 0.1) is 12.0 Å². The fourth-order valence-corrected chi connectivity index (χ4v) is 2.65. The van der Waals surface area contributed by atoms with Crippen molar-refractivity contribution in [2.45, 2.75) is 17.9 Å². The van der Waals surface area contributed by atoms with Crippen LogP contribution in [0.4, 0.5) is 0 Å². The second-order valence-corrected chi connectivity index (χ2v) is 5.68. The van der Waals surface area contributed by atoms with Crippen molar-refractivity contribution in [1.82, 2.24) is 10.0 Å². The SMILES string of the molecule is CNC(=O)c1ccc(S(=O)(=O)NC(C)C(=O)OC)cc1. The van der Waals surface area contributed by atoms with Crippen LogP contribution in [0.2, 0.25) is 0 Å². The van der Waals surface area contributed by atoms with Crippen LogP contribution in [0.3, 0.4) is 0 Å². The molecule has 1 aromatic rings. The molecule has 2 N–H and O–H groups in total. The third kappa shape index (κ3) is 3.78. The van der Waals surface area contributed by atoms with Gasteiger partial charge in [-0.2, -0.15) is 4.72 Å². The number of rotatable bonds is 5. The van der Waals surface area contributed by atoms with Crippen molar-refractivity contribution >= 4 is 21.9 Å². The van der Waals surface area contributed by atoms with E-state index in [4.69, 9.17) is 0 Å². The molecule has 1 atom stereocenters. The lowest BCUT2D eigenvalue weighted by atomic mass is 10.2. The van der Waals surface area contributed by atoms with E-state index in [1.165, 1.54) is 45.3 Å². The third-order valence-corrected chi connectivity index (χ3v) is 4.10. The molecule has 0 aromatic heterocycles. The Morgan fingerprint density at radius 1 is 1.20 bits per heavy atom. The minimum absolute atomic E-state index is 0.0408. The average Bonchev–Trinajstić information content (AvgIpc) is 2.45. The zero-order chi connectivity index (χ0) is 15.3. The maximum absolute atomic E-state index is 12.0. The quantitative estimate of drug-likeness (QED) is 0.739. The first kappa shape index (κ1) is 16.1. The van der Waals surface area contributed by atoms with Crippen LogP contribution in [-0.4, -0.2) is 40.5 Å². The zero-order valence-electron chi connectivity index (χ0n) is 11.3. The molecule has 1 rings (SSSR count). The third-order valence-electron chi connectivity index (χ3n) is 2.54. The second-order valence-electron chi connectivity index (χ2n) is 3.97. The van der Waals surface area contributed by atoms with Crippen molar-refractivity contribution in [3.63, 3.8) is 0 Å². The van der Waals surface area contributed by atoms with Crippen LogP contribution in [-0.2, 0) is 19.6 Å². The van der Waals surface area contributed by atoms with Crippen molar-refractivity contribution in [3.05, 3.63) is 29.8 Å². The van der Waals surface area contributed by atoms with Crippen molar-refractivity contribution < 1.29 is 22.7 Å². The summed E-state index contributed by atoms with van der Waals surface area (Å²) in [4.78, 5) is 22.5. The van der Waals surface area contributed by atoms with Gasteiger partial charge in [0.25, 0.3) is 5.91 Å². The topological polar surface area (TPSA) is 102 Å². The molecule has 0 radical (unpaired) electrons. The molecule has 1 aromatic carbocycles. The van der Waals surface area contributed by atoms with E-state index >= 15 is 0 Å². The molecule has 0 aliphatic carbocycles. The predicted molar refractivity (Wildman–Crippen MR) is 71.6 cm³/mol. The van der Waals surface area contributed by atoms with Gasteiger partial charge in [-0.05, 0) is 31.2 Å². The number of benzene rings is 1. The minimum Gasteiger partial charge on any atom is -0.468 e. The highest BCUT2D eigenvalue weighted by atomic mass is 32.2. The lowest BCUT2D eigenvalue weighted by molar-refractivity contribution is -0.142. The number of amides is 1. The Bertz CT molecular complexity index is 595. The molecular weight excluding hydrogens is 284 g/mol. The van der Waals surface area contributed by atoms with Gasteiger partial charge in [-0.15, -0.1) is 0 Å².